The van der Waals surface area contributed by atoms with Crippen LogP contribution in [0.2, 0.25) is 0 Å². The van der Waals surface area contributed by atoms with Crippen LogP contribution in [0, 0.1) is 0 Å². The molecular weight excluding hydrogens is 240 g/mol. The average molecular weight is 260 g/mol. The number of amides is 1. The molecule has 0 aromatic heterocycles. The van der Waals surface area contributed by atoms with Crippen LogP contribution in [0.5, 0.6) is 0 Å². The Morgan fingerprint density at radius 2 is 1.83 bits per heavy atom. The molecule has 0 fully saturated rings. The molecule has 7 nitrogen and oxygen atoms in total. The number of nitrogens with one attached hydrogen (secondary N) is 1. The van der Waals surface area contributed by atoms with Gasteiger partial charge in [-0.1, -0.05) is 0 Å². The van der Waals surface area contributed by atoms with Gasteiger partial charge in [0, 0.05) is 6.92 Å². The second-order valence-electron chi connectivity index (χ2n) is 4.72. The van der Waals surface area contributed by atoms with Gasteiger partial charge < -0.3 is 20.5 Å². The number of rotatable bonds is 5. The maximum absolute atomic E-state index is 11.5. The molecule has 0 radical (unpaired) electrons. The first-order chi connectivity index (χ1) is 8.11. The van der Waals surface area contributed by atoms with Crippen LogP contribution in [0.4, 0.5) is 0 Å². The van der Waals surface area contributed by atoms with Crippen molar-refractivity contribution in [3.63, 3.8) is 0 Å². The maximum atomic E-state index is 11.5. The van der Waals surface area contributed by atoms with E-state index in [1.165, 1.54) is 6.92 Å². The Bertz CT molecular complexity index is 322. The van der Waals surface area contributed by atoms with Crippen molar-refractivity contribution >= 4 is 17.8 Å². The lowest BCUT2D eigenvalue weighted by molar-refractivity contribution is -0.157. The van der Waals surface area contributed by atoms with E-state index in [4.69, 9.17) is 10.5 Å². The first-order valence-corrected chi connectivity index (χ1v) is 5.50. The molecular formula is C11H20N2O5. The number of carbonyl (C=O) groups excluding carboxylic acids is 3. The van der Waals surface area contributed by atoms with Crippen molar-refractivity contribution in [3.05, 3.63) is 0 Å². The standard InChI is InChI=1S/C11H20N2O5/c1-7(14)17-6-13-9(15)5-8(12)10(16)18-11(2,3)4/h8H,5-6,12H2,1-4H3,(H,13,15). The van der Waals surface area contributed by atoms with E-state index in [1.54, 1.807) is 20.8 Å². The van der Waals surface area contributed by atoms with Gasteiger partial charge in [-0.25, -0.2) is 0 Å². The number of hydrogen-bond donors (Lipinski definition) is 2. The van der Waals surface area contributed by atoms with Gasteiger partial charge in [-0.3, -0.25) is 14.4 Å². The molecule has 0 saturated heterocycles. The summed E-state index contributed by atoms with van der Waals surface area (Å²) in [5.41, 5.74) is 4.86. The van der Waals surface area contributed by atoms with Crippen molar-refractivity contribution in [2.45, 2.75) is 45.8 Å². The van der Waals surface area contributed by atoms with E-state index in [9.17, 15) is 14.4 Å². The summed E-state index contributed by atoms with van der Waals surface area (Å²) in [7, 11) is 0. The fraction of sp³-hybridized carbons (Fsp3) is 0.727. The maximum Gasteiger partial charge on any atom is 0.323 e. The Kier molecular flexibility index (Phi) is 6.32. The van der Waals surface area contributed by atoms with Gasteiger partial charge in [-0.15, -0.1) is 0 Å². The summed E-state index contributed by atoms with van der Waals surface area (Å²) in [6.45, 7) is 6.10. The fourth-order valence-electron chi connectivity index (χ4n) is 0.951. The van der Waals surface area contributed by atoms with Gasteiger partial charge in [0.25, 0.3) is 0 Å². The zero-order valence-electron chi connectivity index (χ0n) is 11.1. The molecule has 0 heterocycles. The second kappa shape index (κ2) is 6.95. The quantitative estimate of drug-likeness (QED) is 0.518. The summed E-state index contributed by atoms with van der Waals surface area (Å²) in [5.74, 6) is -1.65. The minimum Gasteiger partial charge on any atom is -0.459 e. The van der Waals surface area contributed by atoms with E-state index in [0.29, 0.717) is 0 Å². The molecule has 7 heteroatoms. The van der Waals surface area contributed by atoms with E-state index in [-0.39, 0.29) is 13.2 Å². The minimum atomic E-state index is -1.04. The number of hydrogen-bond acceptors (Lipinski definition) is 6. The Morgan fingerprint density at radius 1 is 1.28 bits per heavy atom. The van der Waals surface area contributed by atoms with Crippen LogP contribution in [-0.4, -0.2) is 36.2 Å². The van der Waals surface area contributed by atoms with Gasteiger partial charge in [-0.05, 0) is 20.8 Å². The molecule has 1 atom stereocenters. The lowest BCUT2D eigenvalue weighted by Crippen LogP contribution is -2.41. The monoisotopic (exact) mass is 260 g/mol. The molecule has 18 heavy (non-hydrogen) atoms. The van der Waals surface area contributed by atoms with E-state index < -0.39 is 29.5 Å². The average Bonchev–Trinajstić information content (AvgIpc) is 2.13. The Morgan fingerprint density at radius 3 is 2.28 bits per heavy atom. The third-order valence-electron chi connectivity index (χ3n) is 1.66. The van der Waals surface area contributed by atoms with Crippen LogP contribution < -0.4 is 11.1 Å². The Hall–Kier alpha value is -1.63. The van der Waals surface area contributed by atoms with Gasteiger partial charge in [0.05, 0.1) is 6.42 Å². The molecule has 104 valence electrons. The molecule has 0 aromatic rings. The van der Waals surface area contributed by atoms with Crippen LogP contribution in [-0.2, 0) is 23.9 Å². The van der Waals surface area contributed by atoms with Crippen molar-refractivity contribution < 1.29 is 23.9 Å². The Balaban J connectivity index is 4.00. The highest BCUT2D eigenvalue weighted by Gasteiger charge is 2.24. The molecule has 0 bridgehead atoms. The molecule has 0 rings (SSSR count). The van der Waals surface area contributed by atoms with Gasteiger partial charge in [-0.2, -0.15) is 0 Å². The van der Waals surface area contributed by atoms with Gasteiger partial charge in [0.1, 0.15) is 11.6 Å². The zero-order valence-corrected chi connectivity index (χ0v) is 11.1. The highest BCUT2D eigenvalue weighted by Crippen LogP contribution is 2.08. The third-order valence-corrected chi connectivity index (χ3v) is 1.66. The van der Waals surface area contributed by atoms with E-state index in [0.717, 1.165) is 0 Å². The van der Waals surface area contributed by atoms with Crippen LogP contribution >= 0.6 is 0 Å². The third kappa shape index (κ3) is 8.51. The number of ether oxygens (including phenoxy) is 2. The van der Waals surface area contributed by atoms with Crippen LogP contribution in [0.3, 0.4) is 0 Å². The minimum absolute atomic E-state index is 0.226. The van der Waals surface area contributed by atoms with E-state index >= 15 is 0 Å². The highest BCUT2D eigenvalue weighted by atomic mass is 16.6. The van der Waals surface area contributed by atoms with Crippen LogP contribution in [0.25, 0.3) is 0 Å². The van der Waals surface area contributed by atoms with Crippen molar-refractivity contribution in [1.29, 1.82) is 0 Å². The Labute approximate surface area is 106 Å². The summed E-state index contributed by atoms with van der Waals surface area (Å²) in [6, 6.07) is -1.04. The molecule has 1 unspecified atom stereocenters. The number of esters is 2. The van der Waals surface area contributed by atoms with Crippen LogP contribution in [0.15, 0.2) is 0 Å². The first kappa shape index (κ1) is 16.4. The molecule has 0 spiro atoms. The summed E-state index contributed by atoms with van der Waals surface area (Å²) in [5, 5.41) is 2.29. The number of carbonyl (C=O) groups is 3. The molecule has 0 aromatic carbocycles. The molecule has 3 N–H and O–H groups in total. The normalized spacial score (nSPS) is 12.5. The lowest BCUT2D eigenvalue weighted by Gasteiger charge is -2.21. The predicted octanol–water partition coefficient (Wildman–Crippen LogP) is -0.318. The summed E-state index contributed by atoms with van der Waals surface area (Å²) in [4.78, 5) is 33.2. The molecule has 1 amide bonds. The summed E-state index contributed by atoms with van der Waals surface area (Å²) < 4.78 is 9.52. The topological polar surface area (TPSA) is 108 Å². The second-order valence-corrected chi connectivity index (χ2v) is 4.72. The smallest absolute Gasteiger partial charge is 0.323 e. The van der Waals surface area contributed by atoms with E-state index in [2.05, 4.69) is 10.1 Å². The van der Waals surface area contributed by atoms with Crippen molar-refractivity contribution in [2.75, 3.05) is 6.73 Å². The zero-order chi connectivity index (χ0) is 14.3. The number of nitrogens with two attached hydrogens (primary N) is 1. The van der Waals surface area contributed by atoms with Crippen molar-refractivity contribution in [2.24, 2.45) is 5.73 Å². The lowest BCUT2D eigenvalue weighted by atomic mass is 10.1. The van der Waals surface area contributed by atoms with Gasteiger partial charge >= 0.3 is 11.9 Å². The van der Waals surface area contributed by atoms with Gasteiger partial charge in [0.15, 0.2) is 6.73 Å². The van der Waals surface area contributed by atoms with E-state index in [1.807, 2.05) is 0 Å². The summed E-state index contributed by atoms with van der Waals surface area (Å²) in [6.07, 6.45) is -0.226. The SMILES string of the molecule is CC(=O)OCNC(=O)CC(N)C(=O)OC(C)(C)C. The van der Waals surface area contributed by atoms with Crippen molar-refractivity contribution in [1.82, 2.24) is 5.32 Å². The molecule has 0 aliphatic heterocycles. The highest BCUT2D eigenvalue weighted by molar-refractivity contribution is 5.85. The van der Waals surface area contributed by atoms with Gasteiger partial charge in [0.2, 0.25) is 5.91 Å². The predicted molar refractivity (Wildman–Crippen MR) is 63.2 cm³/mol. The van der Waals surface area contributed by atoms with Crippen molar-refractivity contribution in [3.8, 4) is 0 Å². The first-order valence-electron chi connectivity index (χ1n) is 5.50. The van der Waals surface area contributed by atoms with Crippen LogP contribution in [0.1, 0.15) is 34.1 Å². The fourth-order valence-corrected chi connectivity index (χ4v) is 0.951. The molecule has 0 aliphatic carbocycles. The molecule has 0 saturated carbocycles. The summed E-state index contributed by atoms with van der Waals surface area (Å²) >= 11 is 0. The molecule has 0 aliphatic rings. The largest absolute Gasteiger partial charge is 0.459 e.